The van der Waals surface area contributed by atoms with E-state index in [9.17, 15) is 34.9 Å². The second-order valence-electron chi connectivity index (χ2n) is 7.61. The van der Waals surface area contributed by atoms with Crippen LogP contribution in [0.1, 0.15) is 21.5 Å². The minimum atomic E-state index is -0.996. The molecule has 0 atom stereocenters. The summed E-state index contributed by atoms with van der Waals surface area (Å²) in [4.78, 5) is 46.0. The SMILES string of the molecule is O=C(NN=Cc1cc([N+](=O)[O-])cc([N+](=O)[O-])c1O)C(=Cc1ccc2c(c1)OCO2)NC(=O)c1ccccc1. The Morgan fingerprint density at radius 2 is 1.71 bits per heavy atom. The molecule has 0 unspecified atom stereocenters. The second kappa shape index (κ2) is 10.9. The number of rotatable bonds is 8. The molecular formula is C24H17N5O9. The molecule has 3 aromatic carbocycles. The summed E-state index contributed by atoms with van der Waals surface area (Å²) in [6.45, 7) is 0.0396. The van der Waals surface area contributed by atoms with Crippen LogP contribution in [0.25, 0.3) is 6.08 Å². The summed E-state index contributed by atoms with van der Waals surface area (Å²) >= 11 is 0. The van der Waals surface area contributed by atoms with Crippen LogP contribution in [0.3, 0.4) is 0 Å². The van der Waals surface area contributed by atoms with E-state index < -0.39 is 38.8 Å². The number of phenols is 1. The van der Waals surface area contributed by atoms with E-state index in [0.717, 1.165) is 12.3 Å². The van der Waals surface area contributed by atoms with Gasteiger partial charge in [0, 0.05) is 11.6 Å². The van der Waals surface area contributed by atoms with E-state index in [4.69, 9.17) is 9.47 Å². The zero-order chi connectivity index (χ0) is 27.2. The molecule has 0 fully saturated rings. The van der Waals surface area contributed by atoms with Crippen molar-refractivity contribution in [1.82, 2.24) is 10.7 Å². The Balaban J connectivity index is 1.61. The molecule has 1 aliphatic heterocycles. The van der Waals surface area contributed by atoms with Gasteiger partial charge in [-0.25, -0.2) is 5.43 Å². The van der Waals surface area contributed by atoms with E-state index in [1.807, 2.05) is 0 Å². The molecule has 14 heteroatoms. The summed E-state index contributed by atoms with van der Waals surface area (Å²) < 4.78 is 10.6. The van der Waals surface area contributed by atoms with Crippen LogP contribution in [0, 0.1) is 20.2 Å². The molecule has 0 bridgehead atoms. The van der Waals surface area contributed by atoms with Crippen LogP contribution in [-0.4, -0.2) is 39.8 Å². The van der Waals surface area contributed by atoms with Crippen molar-refractivity contribution in [3.8, 4) is 17.2 Å². The van der Waals surface area contributed by atoms with E-state index >= 15 is 0 Å². The van der Waals surface area contributed by atoms with Crippen LogP contribution in [0.5, 0.6) is 17.2 Å². The molecule has 0 radical (unpaired) electrons. The molecule has 4 rings (SSSR count). The summed E-state index contributed by atoms with van der Waals surface area (Å²) in [5.74, 6) is -1.43. The number of hydrazone groups is 1. The monoisotopic (exact) mass is 519 g/mol. The Bertz CT molecular complexity index is 1500. The zero-order valence-corrected chi connectivity index (χ0v) is 19.2. The number of carbonyl (C=O) groups excluding carboxylic acids is 2. The minimum absolute atomic E-state index is 0.0396. The molecule has 38 heavy (non-hydrogen) atoms. The Labute approximate surface area is 213 Å². The number of hydrogen-bond acceptors (Lipinski definition) is 10. The third-order valence-corrected chi connectivity index (χ3v) is 5.12. The van der Waals surface area contributed by atoms with E-state index in [-0.39, 0.29) is 23.6 Å². The van der Waals surface area contributed by atoms with Gasteiger partial charge in [0.2, 0.25) is 12.5 Å². The Kier molecular flexibility index (Phi) is 7.23. The van der Waals surface area contributed by atoms with Crippen molar-refractivity contribution in [2.75, 3.05) is 6.79 Å². The van der Waals surface area contributed by atoms with Crippen LogP contribution < -0.4 is 20.2 Å². The Morgan fingerprint density at radius 1 is 0.974 bits per heavy atom. The summed E-state index contributed by atoms with van der Waals surface area (Å²) in [6.07, 6.45) is 2.15. The number of nitrogens with one attached hydrogen (secondary N) is 2. The molecule has 1 aliphatic rings. The van der Waals surface area contributed by atoms with Gasteiger partial charge in [0.15, 0.2) is 11.5 Å². The quantitative estimate of drug-likeness (QED) is 0.173. The first kappa shape index (κ1) is 25.3. The molecule has 3 aromatic rings. The second-order valence-corrected chi connectivity index (χ2v) is 7.61. The smallest absolute Gasteiger partial charge is 0.318 e. The number of ether oxygens (including phenoxy) is 2. The van der Waals surface area contributed by atoms with Crippen LogP contribution in [0.4, 0.5) is 11.4 Å². The van der Waals surface area contributed by atoms with Crippen molar-refractivity contribution in [3.05, 3.63) is 103 Å². The van der Waals surface area contributed by atoms with Crippen LogP contribution >= 0.6 is 0 Å². The first-order chi connectivity index (χ1) is 18.2. The molecule has 2 amide bonds. The fraction of sp³-hybridized carbons (Fsp3) is 0.0417. The molecule has 0 spiro atoms. The molecule has 0 aromatic heterocycles. The van der Waals surface area contributed by atoms with E-state index in [0.29, 0.717) is 23.1 Å². The molecule has 1 heterocycles. The number of carbonyl (C=O) groups is 2. The van der Waals surface area contributed by atoms with E-state index in [1.165, 1.54) is 6.08 Å². The minimum Gasteiger partial charge on any atom is -0.502 e. The highest BCUT2D eigenvalue weighted by molar-refractivity contribution is 6.05. The number of fused-ring (bicyclic) bond motifs is 1. The van der Waals surface area contributed by atoms with Crippen LogP contribution in [0.2, 0.25) is 0 Å². The topological polar surface area (TPSA) is 196 Å². The molecule has 3 N–H and O–H groups in total. The van der Waals surface area contributed by atoms with Gasteiger partial charge in [-0.05, 0) is 35.9 Å². The van der Waals surface area contributed by atoms with Crippen LogP contribution in [-0.2, 0) is 4.79 Å². The molecule has 192 valence electrons. The third kappa shape index (κ3) is 5.71. The Hall–Kier alpha value is -5.79. The van der Waals surface area contributed by atoms with Gasteiger partial charge in [-0.15, -0.1) is 0 Å². The normalized spacial score (nSPS) is 12.3. The number of aromatic hydroxyl groups is 1. The predicted octanol–water partition coefficient (Wildman–Crippen LogP) is 2.86. The third-order valence-electron chi connectivity index (χ3n) is 5.12. The lowest BCUT2D eigenvalue weighted by Crippen LogP contribution is -2.32. The maximum Gasteiger partial charge on any atom is 0.318 e. The van der Waals surface area contributed by atoms with Gasteiger partial charge in [-0.3, -0.25) is 29.8 Å². The highest BCUT2D eigenvalue weighted by Crippen LogP contribution is 2.34. The summed E-state index contributed by atoms with van der Waals surface area (Å²) in [5.41, 5.74) is 0.676. The van der Waals surface area contributed by atoms with Gasteiger partial charge in [0.25, 0.3) is 17.5 Å². The van der Waals surface area contributed by atoms with Gasteiger partial charge in [0.1, 0.15) is 5.70 Å². The molecule has 0 saturated carbocycles. The van der Waals surface area contributed by atoms with Crippen molar-refractivity contribution in [3.63, 3.8) is 0 Å². The van der Waals surface area contributed by atoms with E-state index in [1.54, 1.807) is 48.5 Å². The number of nitro groups is 2. The Morgan fingerprint density at radius 3 is 2.42 bits per heavy atom. The number of phenolic OH excluding ortho intramolecular Hbond substituents is 1. The average molecular weight is 519 g/mol. The van der Waals surface area contributed by atoms with Gasteiger partial charge in [-0.2, -0.15) is 5.10 Å². The maximum atomic E-state index is 12.9. The van der Waals surface area contributed by atoms with Gasteiger partial charge < -0.3 is 19.9 Å². The number of nitrogens with zero attached hydrogens (tertiary/aromatic N) is 3. The van der Waals surface area contributed by atoms with Gasteiger partial charge in [-0.1, -0.05) is 24.3 Å². The summed E-state index contributed by atoms with van der Waals surface area (Å²) in [6, 6.07) is 14.4. The van der Waals surface area contributed by atoms with Crippen molar-refractivity contribution in [1.29, 1.82) is 0 Å². The molecule has 0 saturated heterocycles. The van der Waals surface area contributed by atoms with Crippen molar-refractivity contribution in [2.24, 2.45) is 5.10 Å². The lowest BCUT2D eigenvalue weighted by molar-refractivity contribution is -0.394. The fourth-order valence-corrected chi connectivity index (χ4v) is 3.30. The first-order valence-electron chi connectivity index (χ1n) is 10.7. The van der Waals surface area contributed by atoms with Crippen molar-refractivity contribution < 1.29 is 34.0 Å². The lowest BCUT2D eigenvalue weighted by Gasteiger charge is -2.09. The zero-order valence-electron chi connectivity index (χ0n) is 19.2. The highest BCUT2D eigenvalue weighted by Gasteiger charge is 2.23. The van der Waals surface area contributed by atoms with Crippen LogP contribution in [0.15, 0.2) is 71.5 Å². The average Bonchev–Trinajstić information content (AvgIpc) is 3.37. The number of amides is 2. The molecule has 14 nitrogen and oxygen atoms in total. The predicted molar refractivity (Wildman–Crippen MR) is 132 cm³/mol. The summed E-state index contributed by atoms with van der Waals surface area (Å²) in [5, 5.41) is 38.5. The molecule has 0 aliphatic carbocycles. The van der Waals surface area contributed by atoms with E-state index in [2.05, 4.69) is 15.8 Å². The molecular weight excluding hydrogens is 502 g/mol. The largest absolute Gasteiger partial charge is 0.502 e. The number of non-ortho nitro benzene ring substituents is 1. The van der Waals surface area contributed by atoms with Crippen molar-refractivity contribution in [2.45, 2.75) is 0 Å². The maximum absolute atomic E-state index is 12.9. The van der Waals surface area contributed by atoms with Gasteiger partial charge >= 0.3 is 5.69 Å². The first-order valence-corrected chi connectivity index (χ1v) is 10.7. The van der Waals surface area contributed by atoms with Gasteiger partial charge in [0.05, 0.1) is 27.7 Å². The summed E-state index contributed by atoms with van der Waals surface area (Å²) in [7, 11) is 0. The standard InChI is InChI=1S/C24H17N5O9/c30-22-16(10-17(28(33)34)11-19(22)29(35)36)12-25-27-24(32)18(26-23(31)15-4-2-1-3-5-15)8-14-6-7-20-21(9-14)38-13-37-20/h1-12,30H,13H2,(H,26,31)(H,27,32). The highest BCUT2D eigenvalue weighted by atomic mass is 16.7. The fourth-order valence-electron chi connectivity index (χ4n) is 3.30. The number of benzene rings is 3. The lowest BCUT2D eigenvalue weighted by atomic mass is 10.1. The van der Waals surface area contributed by atoms with Crippen molar-refractivity contribution >= 4 is 35.5 Å². The number of nitro benzene ring substituents is 2. The number of hydrogen-bond donors (Lipinski definition) is 3.